The normalized spacial score (nSPS) is 15.8. The third kappa shape index (κ3) is 2.70. The van der Waals surface area contributed by atoms with Crippen molar-refractivity contribution in [3.8, 4) is 0 Å². The van der Waals surface area contributed by atoms with E-state index in [1.54, 1.807) is 0 Å². The van der Waals surface area contributed by atoms with Gasteiger partial charge in [0.2, 0.25) is 0 Å². The van der Waals surface area contributed by atoms with Gasteiger partial charge >= 0.3 is 0 Å². The molecule has 2 rings (SSSR count). The predicted molar refractivity (Wildman–Crippen MR) is 76.8 cm³/mol. The molecule has 0 fully saturated rings. The van der Waals surface area contributed by atoms with E-state index in [9.17, 15) is 10.2 Å². The van der Waals surface area contributed by atoms with Crippen molar-refractivity contribution in [2.24, 2.45) is 0 Å². The molecule has 2 aromatic rings. The molecule has 0 bridgehead atoms. The van der Waals surface area contributed by atoms with Crippen molar-refractivity contribution < 1.29 is 10.2 Å². The van der Waals surface area contributed by atoms with E-state index in [-0.39, 0.29) is 0 Å². The third-order valence-electron chi connectivity index (χ3n) is 3.66. The molecule has 19 heavy (non-hydrogen) atoms. The summed E-state index contributed by atoms with van der Waals surface area (Å²) in [5, 5.41) is 21.4. The minimum absolute atomic E-state index is 0.451. The maximum absolute atomic E-state index is 10.9. The summed E-state index contributed by atoms with van der Waals surface area (Å²) in [6.45, 7) is 3.88. The van der Waals surface area contributed by atoms with Crippen molar-refractivity contribution in [2.45, 2.75) is 32.0 Å². The number of aliphatic hydroxyl groups is 2. The summed E-state index contributed by atoms with van der Waals surface area (Å²) in [5.41, 5.74) is 1.36. The van der Waals surface area contributed by atoms with Crippen LogP contribution in [0, 0.1) is 6.92 Å². The Labute approximate surface area is 114 Å². The SMILES string of the molecule is CCC(O)(c1ccc(C)cc1)C(O)c1ccccc1. The average molecular weight is 256 g/mol. The summed E-state index contributed by atoms with van der Waals surface area (Å²) in [6.07, 6.45) is -0.479. The summed E-state index contributed by atoms with van der Waals surface area (Å²) in [4.78, 5) is 0. The van der Waals surface area contributed by atoms with Crippen LogP contribution in [-0.4, -0.2) is 10.2 Å². The molecule has 0 spiro atoms. The van der Waals surface area contributed by atoms with Gasteiger partial charge in [0.15, 0.2) is 0 Å². The number of rotatable bonds is 4. The van der Waals surface area contributed by atoms with Crippen LogP contribution in [0.2, 0.25) is 0 Å². The summed E-state index contributed by atoms with van der Waals surface area (Å²) in [7, 11) is 0. The predicted octanol–water partition coefficient (Wildman–Crippen LogP) is 3.33. The molecule has 2 N–H and O–H groups in total. The van der Waals surface area contributed by atoms with Gasteiger partial charge in [0.1, 0.15) is 11.7 Å². The summed E-state index contributed by atoms with van der Waals surface area (Å²) in [6, 6.07) is 17.0. The second kappa shape index (κ2) is 5.55. The van der Waals surface area contributed by atoms with Crippen LogP contribution >= 0.6 is 0 Å². The van der Waals surface area contributed by atoms with E-state index in [1.165, 1.54) is 0 Å². The third-order valence-corrected chi connectivity index (χ3v) is 3.66. The Morgan fingerprint density at radius 3 is 2.11 bits per heavy atom. The number of aliphatic hydroxyl groups excluding tert-OH is 1. The molecule has 2 nitrogen and oxygen atoms in total. The van der Waals surface area contributed by atoms with E-state index in [4.69, 9.17) is 0 Å². The van der Waals surface area contributed by atoms with Gasteiger partial charge in [-0.05, 0) is 24.5 Å². The lowest BCUT2D eigenvalue weighted by atomic mass is 9.82. The molecule has 0 aliphatic carbocycles. The van der Waals surface area contributed by atoms with Crippen molar-refractivity contribution >= 4 is 0 Å². The Morgan fingerprint density at radius 2 is 1.58 bits per heavy atom. The number of benzene rings is 2. The molecule has 100 valence electrons. The maximum atomic E-state index is 10.9. The van der Waals surface area contributed by atoms with Gasteiger partial charge in [-0.2, -0.15) is 0 Å². The van der Waals surface area contributed by atoms with E-state index in [0.29, 0.717) is 6.42 Å². The van der Waals surface area contributed by atoms with Gasteiger partial charge in [0.05, 0.1) is 0 Å². The number of hydrogen-bond acceptors (Lipinski definition) is 2. The van der Waals surface area contributed by atoms with E-state index in [2.05, 4.69) is 0 Å². The van der Waals surface area contributed by atoms with Crippen molar-refractivity contribution in [2.75, 3.05) is 0 Å². The van der Waals surface area contributed by atoms with E-state index >= 15 is 0 Å². The molecule has 0 aliphatic rings. The monoisotopic (exact) mass is 256 g/mol. The molecule has 2 aromatic carbocycles. The Morgan fingerprint density at radius 1 is 1.00 bits per heavy atom. The first-order valence-electron chi connectivity index (χ1n) is 6.60. The van der Waals surface area contributed by atoms with Crippen LogP contribution in [0.4, 0.5) is 0 Å². The highest BCUT2D eigenvalue weighted by atomic mass is 16.3. The van der Waals surface area contributed by atoms with Crippen LogP contribution in [0.25, 0.3) is 0 Å². The maximum Gasteiger partial charge on any atom is 0.119 e. The van der Waals surface area contributed by atoms with Crippen LogP contribution in [0.1, 0.15) is 36.1 Å². The van der Waals surface area contributed by atoms with Gasteiger partial charge in [-0.1, -0.05) is 67.1 Å². The van der Waals surface area contributed by atoms with Crippen LogP contribution in [0.5, 0.6) is 0 Å². The molecule has 0 heterocycles. The van der Waals surface area contributed by atoms with Crippen LogP contribution in [0.15, 0.2) is 54.6 Å². The van der Waals surface area contributed by atoms with Gasteiger partial charge in [-0.15, -0.1) is 0 Å². The number of hydrogen-bond donors (Lipinski definition) is 2. The van der Waals surface area contributed by atoms with Crippen molar-refractivity contribution in [3.63, 3.8) is 0 Å². The van der Waals surface area contributed by atoms with E-state index in [1.807, 2.05) is 68.4 Å². The fourth-order valence-corrected chi connectivity index (χ4v) is 2.31. The molecule has 0 saturated heterocycles. The smallest absolute Gasteiger partial charge is 0.119 e. The van der Waals surface area contributed by atoms with Crippen LogP contribution < -0.4 is 0 Å². The van der Waals surface area contributed by atoms with Crippen LogP contribution in [0.3, 0.4) is 0 Å². The molecular weight excluding hydrogens is 236 g/mol. The highest BCUT2D eigenvalue weighted by molar-refractivity contribution is 5.31. The fourth-order valence-electron chi connectivity index (χ4n) is 2.31. The van der Waals surface area contributed by atoms with Gasteiger partial charge < -0.3 is 10.2 Å². The van der Waals surface area contributed by atoms with Gasteiger partial charge in [0.25, 0.3) is 0 Å². The summed E-state index contributed by atoms with van der Waals surface area (Å²) in [5.74, 6) is 0. The quantitative estimate of drug-likeness (QED) is 0.881. The lowest BCUT2D eigenvalue weighted by Gasteiger charge is -2.33. The molecule has 2 unspecified atom stereocenters. The lowest BCUT2D eigenvalue weighted by Crippen LogP contribution is -2.32. The van der Waals surface area contributed by atoms with Crippen LogP contribution in [-0.2, 0) is 5.60 Å². The molecule has 0 radical (unpaired) electrons. The second-order valence-electron chi connectivity index (χ2n) is 4.96. The topological polar surface area (TPSA) is 40.5 Å². The van der Waals surface area contributed by atoms with Gasteiger partial charge in [-0.3, -0.25) is 0 Å². The van der Waals surface area contributed by atoms with Crippen molar-refractivity contribution in [1.29, 1.82) is 0 Å². The van der Waals surface area contributed by atoms with Gasteiger partial charge in [-0.25, -0.2) is 0 Å². The Hall–Kier alpha value is -1.64. The van der Waals surface area contributed by atoms with Gasteiger partial charge in [0, 0.05) is 0 Å². The molecule has 0 aliphatic heterocycles. The molecule has 2 atom stereocenters. The molecule has 0 amide bonds. The standard InChI is InChI=1S/C17H20O2/c1-3-17(19,15-11-9-13(2)10-12-15)16(18)14-7-5-4-6-8-14/h4-12,16,18-19H,3H2,1-2H3. The number of aryl methyl sites for hydroxylation is 1. The zero-order valence-corrected chi connectivity index (χ0v) is 11.4. The Bertz CT molecular complexity index is 519. The lowest BCUT2D eigenvalue weighted by molar-refractivity contribution is -0.0858. The molecular formula is C17H20O2. The highest BCUT2D eigenvalue weighted by Gasteiger charge is 2.36. The molecule has 0 saturated carbocycles. The van der Waals surface area contributed by atoms with E-state index < -0.39 is 11.7 Å². The zero-order chi connectivity index (χ0) is 13.9. The summed E-state index contributed by atoms with van der Waals surface area (Å²) < 4.78 is 0. The molecule has 0 aromatic heterocycles. The highest BCUT2D eigenvalue weighted by Crippen LogP contribution is 2.37. The van der Waals surface area contributed by atoms with Crippen molar-refractivity contribution in [1.82, 2.24) is 0 Å². The fraction of sp³-hybridized carbons (Fsp3) is 0.294. The first-order chi connectivity index (χ1) is 9.08. The minimum Gasteiger partial charge on any atom is -0.385 e. The first kappa shape index (κ1) is 13.8. The largest absolute Gasteiger partial charge is 0.385 e. The minimum atomic E-state index is -1.25. The Balaban J connectivity index is 2.39. The first-order valence-corrected chi connectivity index (χ1v) is 6.60. The van der Waals surface area contributed by atoms with Crippen molar-refractivity contribution in [3.05, 3.63) is 71.3 Å². The average Bonchev–Trinajstić information content (AvgIpc) is 2.47. The van der Waals surface area contributed by atoms with E-state index in [0.717, 1.165) is 16.7 Å². The Kier molecular flexibility index (Phi) is 4.03. The summed E-state index contributed by atoms with van der Waals surface area (Å²) >= 11 is 0. The second-order valence-corrected chi connectivity index (χ2v) is 4.96. The molecule has 2 heteroatoms. The zero-order valence-electron chi connectivity index (χ0n) is 11.4.